The second-order valence-corrected chi connectivity index (χ2v) is 4.81. The van der Waals surface area contributed by atoms with E-state index in [4.69, 9.17) is 20.5 Å². The minimum Gasteiger partial charge on any atom is -0.495 e. The number of rotatable bonds is 4. The molecule has 1 heterocycles. The average Bonchev–Trinajstić information content (AvgIpc) is 2.21. The smallest absolute Gasteiger partial charge is 0.309 e. The highest BCUT2D eigenvalue weighted by atomic mass is 35.5. The zero-order valence-electron chi connectivity index (χ0n) is 8.23. The first-order chi connectivity index (χ1) is 6.98. The van der Waals surface area contributed by atoms with Gasteiger partial charge in [0.15, 0.2) is 10.9 Å². The number of hydrogen-bond acceptors (Lipinski definition) is 5. The van der Waals surface area contributed by atoms with Crippen LogP contribution in [0.2, 0.25) is 5.15 Å². The summed E-state index contributed by atoms with van der Waals surface area (Å²) in [5, 5.41) is -0.0205. The Labute approximate surface area is 93.1 Å². The molecular weight excluding hydrogens is 242 g/mol. The molecule has 0 aliphatic heterocycles. The number of nitrogens with zero attached hydrogens (tertiary/aromatic N) is 1. The molecule has 1 rings (SSSR count). The largest absolute Gasteiger partial charge is 0.495 e. The second kappa shape index (κ2) is 4.67. The number of hydrogen-bond donors (Lipinski definition) is 0. The predicted molar refractivity (Wildman–Crippen MR) is 55.9 cm³/mol. The van der Waals surface area contributed by atoms with Crippen molar-refractivity contribution >= 4 is 21.7 Å². The molecule has 0 aliphatic carbocycles. The van der Waals surface area contributed by atoms with E-state index in [9.17, 15) is 8.42 Å². The molecule has 0 aromatic carbocycles. The lowest BCUT2D eigenvalue weighted by Crippen LogP contribution is -2.11. The molecule has 0 saturated carbocycles. The number of halogens is 1. The molecule has 15 heavy (non-hydrogen) atoms. The van der Waals surface area contributed by atoms with Crippen molar-refractivity contribution < 1.29 is 17.3 Å². The first-order valence-electron chi connectivity index (χ1n) is 4.10. The molecule has 5 nitrogen and oxygen atoms in total. The molecule has 7 heteroatoms. The lowest BCUT2D eigenvalue weighted by molar-refractivity contribution is 0.409. The maximum Gasteiger partial charge on any atom is 0.309 e. The summed E-state index contributed by atoms with van der Waals surface area (Å²) in [6.07, 6.45) is 1.37. The monoisotopic (exact) mass is 251 g/mol. The molecule has 0 spiro atoms. The first-order valence-corrected chi connectivity index (χ1v) is 6.05. The summed E-state index contributed by atoms with van der Waals surface area (Å²) in [4.78, 5) is 3.72. The Balaban J connectivity index is 3.04. The van der Waals surface area contributed by atoms with Gasteiger partial charge in [-0.1, -0.05) is 11.6 Å². The van der Waals surface area contributed by atoms with Gasteiger partial charge in [-0.2, -0.15) is 8.42 Å². The molecule has 0 radical (unpaired) electrons. The van der Waals surface area contributed by atoms with Gasteiger partial charge >= 0.3 is 10.1 Å². The summed E-state index contributed by atoms with van der Waals surface area (Å²) >= 11 is 5.66. The van der Waals surface area contributed by atoms with Crippen LogP contribution in [-0.2, 0) is 10.1 Å². The maximum atomic E-state index is 11.2. The highest BCUT2D eigenvalue weighted by molar-refractivity contribution is 7.87. The van der Waals surface area contributed by atoms with Crippen molar-refractivity contribution in [3.8, 4) is 11.5 Å². The van der Waals surface area contributed by atoms with Gasteiger partial charge in [0.05, 0.1) is 19.1 Å². The molecule has 0 fully saturated rings. The zero-order chi connectivity index (χ0) is 11.5. The third-order valence-electron chi connectivity index (χ3n) is 1.59. The van der Waals surface area contributed by atoms with E-state index in [2.05, 4.69) is 4.98 Å². The van der Waals surface area contributed by atoms with Gasteiger partial charge < -0.3 is 8.92 Å². The predicted octanol–water partition coefficient (Wildman–Crippen LogP) is 1.47. The summed E-state index contributed by atoms with van der Waals surface area (Å²) in [6, 6.07) is 1.36. The summed E-state index contributed by atoms with van der Waals surface area (Å²) in [5.41, 5.74) is 0. The van der Waals surface area contributed by atoms with Gasteiger partial charge in [0.1, 0.15) is 5.75 Å². The zero-order valence-corrected chi connectivity index (χ0v) is 9.80. The molecule has 0 aliphatic rings. The van der Waals surface area contributed by atoms with Gasteiger partial charge in [0.2, 0.25) is 0 Å². The third-order valence-corrected chi connectivity index (χ3v) is 3.01. The van der Waals surface area contributed by atoms with Crippen LogP contribution >= 0.6 is 11.6 Å². The molecule has 0 amide bonds. The molecule has 0 bridgehead atoms. The lowest BCUT2D eigenvalue weighted by Gasteiger charge is -2.07. The molecular formula is C8H10ClNO4S. The number of pyridine rings is 1. The standard InChI is InChI=1S/C8H10ClNO4S/c1-3-15(11,12)14-7-4-6(13-2)5-10-8(7)9/h4-5H,3H2,1-2H3. The molecule has 0 N–H and O–H groups in total. The fourth-order valence-electron chi connectivity index (χ4n) is 0.776. The third kappa shape index (κ3) is 3.24. The van der Waals surface area contributed by atoms with Crippen LogP contribution in [-0.4, -0.2) is 26.3 Å². The molecule has 1 aromatic rings. The number of ether oxygens (including phenoxy) is 1. The van der Waals surface area contributed by atoms with Crippen LogP contribution in [0.3, 0.4) is 0 Å². The summed E-state index contributed by atoms with van der Waals surface area (Å²) in [5.74, 6) is 0.208. The Bertz CT molecular complexity index is 446. The molecule has 0 unspecified atom stereocenters. The Morgan fingerprint density at radius 2 is 2.20 bits per heavy atom. The van der Waals surface area contributed by atoms with Crippen LogP contribution in [0.1, 0.15) is 6.92 Å². The van der Waals surface area contributed by atoms with E-state index in [1.54, 1.807) is 0 Å². The summed E-state index contributed by atoms with van der Waals surface area (Å²) in [6.45, 7) is 1.47. The van der Waals surface area contributed by atoms with Gasteiger partial charge in [-0.25, -0.2) is 4.98 Å². The summed E-state index contributed by atoms with van der Waals surface area (Å²) < 4.78 is 31.9. The van der Waals surface area contributed by atoms with Gasteiger partial charge in [-0.05, 0) is 6.92 Å². The van der Waals surface area contributed by atoms with Crippen molar-refractivity contribution in [3.05, 3.63) is 17.4 Å². The van der Waals surface area contributed by atoms with Gasteiger partial charge in [-0.3, -0.25) is 0 Å². The Morgan fingerprint density at radius 1 is 1.53 bits per heavy atom. The lowest BCUT2D eigenvalue weighted by atomic mass is 10.4. The second-order valence-electron chi connectivity index (χ2n) is 2.59. The van der Waals surface area contributed by atoms with E-state index in [0.29, 0.717) is 5.75 Å². The van der Waals surface area contributed by atoms with Crippen LogP contribution in [0, 0.1) is 0 Å². The van der Waals surface area contributed by atoms with E-state index >= 15 is 0 Å². The van der Waals surface area contributed by atoms with E-state index in [0.717, 1.165) is 0 Å². The SMILES string of the molecule is CCS(=O)(=O)Oc1cc(OC)cnc1Cl. The van der Waals surface area contributed by atoms with Crippen LogP contribution in [0.4, 0.5) is 0 Å². The highest BCUT2D eigenvalue weighted by Crippen LogP contribution is 2.27. The van der Waals surface area contributed by atoms with Crippen LogP contribution < -0.4 is 8.92 Å². The van der Waals surface area contributed by atoms with Crippen LogP contribution in [0.15, 0.2) is 12.3 Å². The maximum absolute atomic E-state index is 11.2. The van der Waals surface area contributed by atoms with E-state index in [-0.39, 0.29) is 16.7 Å². The van der Waals surface area contributed by atoms with Crippen molar-refractivity contribution in [2.45, 2.75) is 6.92 Å². The minimum atomic E-state index is -3.60. The quantitative estimate of drug-likeness (QED) is 0.599. The normalized spacial score (nSPS) is 11.1. The van der Waals surface area contributed by atoms with Crippen LogP contribution in [0.25, 0.3) is 0 Å². The molecule has 0 saturated heterocycles. The molecule has 1 aromatic heterocycles. The minimum absolute atomic E-state index is 0.0205. The Hall–Kier alpha value is -1.01. The van der Waals surface area contributed by atoms with Crippen molar-refractivity contribution in [2.75, 3.05) is 12.9 Å². The van der Waals surface area contributed by atoms with E-state index in [1.807, 2.05) is 0 Å². The number of aromatic nitrogens is 1. The van der Waals surface area contributed by atoms with Crippen molar-refractivity contribution in [1.29, 1.82) is 0 Å². The van der Waals surface area contributed by atoms with Crippen molar-refractivity contribution in [3.63, 3.8) is 0 Å². The Kier molecular flexibility index (Phi) is 3.76. The topological polar surface area (TPSA) is 65.5 Å². The molecule has 0 atom stereocenters. The van der Waals surface area contributed by atoms with E-state index in [1.165, 1.54) is 26.3 Å². The van der Waals surface area contributed by atoms with Gasteiger partial charge in [-0.15, -0.1) is 0 Å². The van der Waals surface area contributed by atoms with Crippen molar-refractivity contribution in [2.24, 2.45) is 0 Å². The summed E-state index contributed by atoms with van der Waals surface area (Å²) in [7, 11) is -2.17. The van der Waals surface area contributed by atoms with Crippen LogP contribution in [0.5, 0.6) is 11.5 Å². The van der Waals surface area contributed by atoms with Gasteiger partial charge in [0.25, 0.3) is 0 Å². The Morgan fingerprint density at radius 3 is 2.73 bits per heavy atom. The molecule has 84 valence electrons. The fourth-order valence-corrected chi connectivity index (χ4v) is 1.48. The average molecular weight is 252 g/mol. The first kappa shape index (κ1) is 12.1. The number of methoxy groups -OCH3 is 1. The fraction of sp³-hybridized carbons (Fsp3) is 0.375. The highest BCUT2D eigenvalue weighted by Gasteiger charge is 2.13. The van der Waals surface area contributed by atoms with E-state index < -0.39 is 10.1 Å². The van der Waals surface area contributed by atoms with Gasteiger partial charge in [0, 0.05) is 6.07 Å². The van der Waals surface area contributed by atoms with Crippen molar-refractivity contribution in [1.82, 2.24) is 4.98 Å².